The van der Waals surface area contributed by atoms with Crippen molar-refractivity contribution < 1.29 is 23.7 Å². The van der Waals surface area contributed by atoms with Gasteiger partial charge in [0.15, 0.2) is 0 Å². The molecule has 8 heteroatoms. The lowest BCUT2D eigenvalue weighted by Gasteiger charge is -2.26. The lowest BCUT2D eigenvalue weighted by atomic mass is 10.1. The minimum absolute atomic E-state index is 0.450. The largest absolute Gasteiger partial charge is 0.497 e. The number of ether oxygens (including phenoxy) is 5. The second-order valence-corrected chi connectivity index (χ2v) is 8.83. The predicted octanol–water partition coefficient (Wildman–Crippen LogP) is 4.03. The van der Waals surface area contributed by atoms with Crippen molar-refractivity contribution in [1.29, 1.82) is 0 Å². The van der Waals surface area contributed by atoms with Gasteiger partial charge >= 0.3 is 0 Å². The highest BCUT2D eigenvalue weighted by Crippen LogP contribution is 2.25. The fraction of sp³-hybridized carbons (Fsp3) is 0.414. The molecule has 1 saturated heterocycles. The average molecular weight is 508 g/mol. The number of anilines is 1. The highest BCUT2D eigenvalue weighted by molar-refractivity contribution is 5.50. The summed E-state index contributed by atoms with van der Waals surface area (Å²) in [6, 6.07) is 20.3. The van der Waals surface area contributed by atoms with Gasteiger partial charge < -0.3 is 28.6 Å². The Morgan fingerprint density at radius 3 is 2.16 bits per heavy atom. The summed E-state index contributed by atoms with van der Waals surface area (Å²) in [5.74, 6) is 2.26. The van der Waals surface area contributed by atoms with Crippen molar-refractivity contribution in [3.05, 3.63) is 78.0 Å². The molecule has 0 amide bonds. The molecule has 1 fully saturated rings. The first kappa shape index (κ1) is 26.7. The minimum atomic E-state index is 0.450. The molecule has 2 aromatic carbocycles. The topological polar surface area (TPSA) is 65.5 Å². The number of nitrogens with zero attached hydrogens (tertiary/aromatic N) is 3. The fourth-order valence-corrected chi connectivity index (χ4v) is 4.22. The summed E-state index contributed by atoms with van der Waals surface area (Å²) in [5, 5.41) is 0. The van der Waals surface area contributed by atoms with Crippen LogP contribution in [0.2, 0.25) is 0 Å². The maximum atomic E-state index is 5.93. The van der Waals surface area contributed by atoms with Crippen LogP contribution in [0.1, 0.15) is 11.1 Å². The van der Waals surface area contributed by atoms with Gasteiger partial charge in [-0.15, -0.1) is 0 Å². The smallest absolute Gasteiger partial charge is 0.215 e. The molecule has 4 rings (SSSR count). The average Bonchev–Trinajstić information content (AvgIpc) is 2.95. The maximum Gasteiger partial charge on any atom is 0.215 e. The van der Waals surface area contributed by atoms with E-state index in [1.807, 2.05) is 36.4 Å². The number of hydrogen-bond acceptors (Lipinski definition) is 8. The summed E-state index contributed by atoms with van der Waals surface area (Å²) in [6.07, 6.45) is 1.79. The van der Waals surface area contributed by atoms with Crippen molar-refractivity contribution in [1.82, 2.24) is 9.88 Å². The van der Waals surface area contributed by atoms with E-state index in [4.69, 9.17) is 23.7 Å². The zero-order valence-electron chi connectivity index (χ0n) is 21.8. The van der Waals surface area contributed by atoms with Gasteiger partial charge in [-0.2, -0.15) is 0 Å². The van der Waals surface area contributed by atoms with Crippen LogP contribution in [0.5, 0.6) is 17.4 Å². The Morgan fingerprint density at radius 2 is 1.51 bits per heavy atom. The summed E-state index contributed by atoms with van der Waals surface area (Å²) in [6.45, 7) is 7.52. The Morgan fingerprint density at radius 1 is 0.838 bits per heavy atom. The minimum Gasteiger partial charge on any atom is -0.497 e. The van der Waals surface area contributed by atoms with E-state index in [2.05, 4.69) is 39.0 Å². The molecular formula is C29H37N3O5. The van der Waals surface area contributed by atoms with E-state index in [9.17, 15) is 0 Å². The van der Waals surface area contributed by atoms with Crippen molar-refractivity contribution in [2.24, 2.45) is 0 Å². The second-order valence-electron chi connectivity index (χ2n) is 8.83. The first-order valence-electron chi connectivity index (χ1n) is 12.7. The van der Waals surface area contributed by atoms with Crippen LogP contribution in [-0.2, 0) is 22.6 Å². The Bertz CT molecular complexity index is 1040. The van der Waals surface area contributed by atoms with E-state index in [0.29, 0.717) is 38.8 Å². The first-order valence-corrected chi connectivity index (χ1v) is 12.7. The molecule has 0 atom stereocenters. The fourth-order valence-electron chi connectivity index (χ4n) is 4.22. The van der Waals surface area contributed by atoms with Crippen LogP contribution in [0.3, 0.4) is 0 Å². The summed E-state index contributed by atoms with van der Waals surface area (Å²) < 4.78 is 27.9. The van der Waals surface area contributed by atoms with Crippen LogP contribution in [-0.4, -0.2) is 76.8 Å². The monoisotopic (exact) mass is 507 g/mol. The number of benzene rings is 2. The zero-order valence-corrected chi connectivity index (χ0v) is 21.8. The third-order valence-electron chi connectivity index (χ3n) is 6.23. The molecule has 2 heterocycles. The normalized spacial score (nSPS) is 13.8. The molecule has 1 aromatic heterocycles. The summed E-state index contributed by atoms with van der Waals surface area (Å²) in [4.78, 5) is 9.06. The van der Waals surface area contributed by atoms with Gasteiger partial charge in [0, 0.05) is 50.7 Å². The maximum absolute atomic E-state index is 5.93. The van der Waals surface area contributed by atoms with Crippen LogP contribution in [0.15, 0.2) is 66.9 Å². The Labute approximate surface area is 219 Å². The molecule has 3 aromatic rings. The summed E-state index contributed by atoms with van der Waals surface area (Å²) >= 11 is 0. The Hall–Kier alpha value is -3.33. The molecule has 0 N–H and O–H groups in total. The molecule has 8 nitrogen and oxygen atoms in total. The van der Waals surface area contributed by atoms with E-state index in [-0.39, 0.29) is 0 Å². The highest BCUT2D eigenvalue weighted by Gasteiger charge is 2.12. The van der Waals surface area contributed by atoms with Gasteiger partial charge in [0.2, 0.25) is 5.88 Å². The highest BCUT2D eigenvalue weighted by atomic mass is 16.5. The molecule has 37 heavy (non-hydrogen) atoms. The van der Waals surface area contributed by atoms with Crippen molar-refractivity contribution >= 4 is 5.69 Å². The van der Waals surface area contributed by atoms with Crippen molar-refractivity contribution in [2.75, 3.05) is 71.8 Å². The number of morpholine rings is 1. The van der Waals surface area contributed by atoms with Gasteiger partial charge in [0.25, 0.3) is 0 Å². The number of hydrogen-bond donors (Lipinski definition) is 0. The van der Waals surface area contributed by atoms with E-state index in [0.717, 1.165) is 61.2 Å². The molecule has 198 valence electrons. The summed E-state index contributed by atoms with van der Waals surface area (Å²) in [5.41, 5.74) is 3.31. The molecule has 0 radical (unpaired) electrons. The van der Waals surface area contributed by atoms with Crippen LogP contribution in [0.25, 0.3) is 0 Å². The van der Waals surface area contributed by atoms with Gasteiger partial charge in [-0.25, -0.2) is 4.98 Å². The number of rotatable bonds is 14. The van der Waals surface area contributed by atoms with Gasteiger partial charge in [-0.1, -0.05) is 24.3 Å². The van der Waals surface area contributed by atoms with Gasteiger partial charge in [-0.3, -0.25) is 4.90 Å². The van der Waals surface area contributed by atoms with Crippen LogP contribution < -0.4 is 19.1 Å². The standard InChI is InChI=1S/C29H37N3O5/c1-33-27-7-3-5-24(19-27)22-32(23-25-6-4-8-28(20-25)34-2)26-9-10-30-29(21-26)37-18-17-36-16-13-31-11-14-35-15-12-31/h3-10,19-21H,11-18,22-23H2,1-2H3. The molecule has 0 saturated carbocycles. The van der Waals surface area contributed by atoms with Crippen LogP contribution in [0.4, 0.5) is 5.69 Å². The number of aromatic nitrogens is 1. The number of methoxy groups -OCH3 is 2. The predicted molar refractivity (Wildman–Crippen MR) is 144 cm³/mol. The van der Waals surface area contributed by atoms with Crippen molar-refractivity contribution in [3.63, 3.8) is 0 Å². The van der Waals surface area contributed by atoms with Crippen LogP contribution in [0, 0.1) is 0 Å². The van der Waals surface area contributed by atoms with E-state index < -0.39 is 0 Å². The van der Waals surface area contributed by atoms with Gasteiger partial charge in [-0.05, 0) is 41.5 Å². The Balaban J connectivity index is 1.37. The molecule has 0 bridgehead atoms. The third-order valence-corrected chi connectivity index (χ3v) is 6.23. The molecule has 0 aliphatic carbocycles. The Kier molecular flexibility index (Phi) is 10.4. The van der Waals surface area contributed by atoms with Crippen molar-refractivity contribution in [3.8, 4) is 17.4 Å². The number of pyridine rings is 1. The quantitative estimate of drug-likeness (QED) is 0.303. The lowest BCUT2D eigenvalue weighted by molar-refractivity contribution is 0.0168. The van der Waals surface area contributed by atoms with E-state index in [1.165, 1.54) is 0 Å². The lowest BCUT2D eigenvalue weighted by Crippen LogP contribution is -2.38. The SMILES string of the molecule is COc1cccc(CN(Cc2cccc(OC)c2)c2ccnc(OCCOCCN3CCOCC3)c2)c1. The first-order chi connectivity index (χ1) is 18.2. The second kappa shape index (κ2) is 14.4. The third kappa shape index (κ3) is 8.63. The molecule has 0 unspecified atom stereocenters. The van der Waals surface area contributed by atoms with E-state index >= 15 is 0 Å². The van der Waals surface area contributed by atoms with Gasteiger partial charge in [0.1, 0.15) is 18.1 Å². The zero-order chi connectivity index (χ0) is 25.7. The van der Waals surface area contributed by atoms with Crippen LogP contribution >= 0.6 is 0 Å². The molecule has 1 aliphatic rings. The molecule has 0 spiro atoms. The van der Waals surface area contributed by atoms with Crippen molar-refractivity contribution in [2.45, 2.75) is 13.1 Å². The molecular weight excluding hydrogens is 470 g/mol. The van der Waals surface area contributed by atoms with Gasteiger partial charge in [0.05, 0.1) is 40.6 Å². The van der Waals surface area contributed by atoms with E-state index in [1.54, 1.807) is 20.4 Å². The summed E-state index contributed by atoms with van der Waals surface area (Å²) in [7, 11) is 3.37. The molecule has 1 aliphatic heterocycles.